The lowest BCUT2D eigenvalue weighted by molar-refractivity contribution is -0.113. The number of aromatic nitrogens is 6. The van der Waals surface area contributed by atoms with Crippen LogP contribution in [0.2, 0.25) is 10.0 Å². The zero-order valence-electron chi connectivity index (χ0n) is 21.3. The van der Waals surface area contributed by atoms with Gasteiger partial charge in [-0.05, 0) is 90.5 Å². The van der Waals surface area contributed by atoms with Crippen molar-refractivity contribution in [3.63, 3.8) is 0 Å². The lowest BCUT2D eigenvalue weighted by Gasteiger charge is -2.18. The number of hydrogen-bond donors (Lipinski definition) is 2. The highest BCUT2D eigenvalue weighted by Gasteiger charge is 2.25. The van der Waals surface area contributed by atoms with E-state index in [4.69, 9.17) is 23.2 Å². The minimum absolute atomic E-state index is 0.0540. The summed E-state index contributed by atoms with van der Waals surface area (Å²) < 4.78 is 5.22. The predicted octanol–water partition coefficient (Wildman–Crippen LogP) is 4.99. The molecule has 1 aliphatic rings. The van der Waals surface area contributed by atoms with Crippen molar-refractivity contribution in [3.05, 3.63) is 68.6 Å². The number of anilines is 1. The Bertz CT molecular complexity index is 1630. The van der Waals surface area contributed by atoms with Gasteiger partial charge in [-0.1, -0.05) is 57.4 Å². The molecular weight excluding hydrogens is 591 g/mol. The van der Waals surface area contributed by atoms with Crippen molar-refractivity contribution in [2.45, 2.75) is 43.3 Å². The van der Waals surface area contributed by atoms with Crippen LogP contribution in [0.15, 0.2) is 46.9 Å². The van der Waals surface area contributed by atoms with Crippen molar-refractivity contribution in [1.29, 1.82) is 0 Å². The molecule has 0 unspecified atom stereocenters. The fraction of sp³-hybridized carbons (Fsp3) is 0.269. The molecule has 40 heavy (non-hydrogen) atoms. The van der Waals surface area contributed by atoms with Crippen LogP contribution < -0.4 is 10.6 Å². The second kappa shape index (κ2) is 11.9. The number of benzene rings is 2. The summed E-state index contributed by atoms with van der Waals surface area (Å²) in [5, 5.41) is 24.1. The molecule has 204 valence electrons. The van der Waals surface area contributed by atoms with Crippen LogP contribution >= 0.6 is 46.5 Å². The molecule has 1 saturated carbocycles. The van der Waals surface area contributed by atoms with Crippen LogP contribution in [-0.4, -0.2) is 52.9 Å². The summed E-state index contributed by atoms with van der Waals surface area (Å²) in [6.45, 7) is 3.55. The smallest absolute Gasteiger partial charge is 0.273 e. The van der Waals surface area contributed by atoms with E-state index in [9.17, 15) is 9.59 Å². The van der Waals surface area contributed by atoms with Gasteiger partial charge in [0.25, 0.3) is 5.91 Å². The van der Waals surface area contributed by atoms with Crippen LogP contribution in [0.4, 0.5) is 5.69 Å². The Kier molecular flexibility index (Phi) is 8.37. The number of carbonyl (C=O) groups is 2. The maximum Gasteiger partial charge on any atom is 0.273 e. The van der Waals surface area contributed by atoms with Crippen LogP contribution in [0.25, 0.3) is 5.69 Å². The maximum absolute atomic E-state index is 12.7. The zero-order chi connectivity index (χ0) is 28.3. The van der Waals surface area contributed by atoms with Gasteiger partial charge in [0, 0.05) is 10.9 Å². The number of thioether (sulfide) groups is 1. The van der Waals surface area contributed by atoms with Crippen LogP contribution in [0.1, 0.15) is 54.2 Å². The average Bonchev–Trinajstić information content (AvgIpc) is 3.41. The molecule has 5 rings (SSSR count). The standard InChI is InChI=1S/C26H22Cl2N8O2S2/c1-26(2,30-24(38)21-13-40-35-31-21)10-9-15-3-7-20(18(27)11-15)29-23(37)14-39-25-32-33-34-36(25)22-8-6-17(12-19(22)28)16-4-5-16/h3,6-8,11-13,16H,4-5,14H2,1-2H3,(H,29,37)(H,30,38). The third kappa shape index (κ3) is 6.98. The molecule has 0 bridgehead atoms. The third-order valence-electron chi connectivity index (χ3n) is 5.80. The molecule has 0 aliphatic heterocycles. The first-order valence-electron chi connectivity index (χ1n) is 12.1. The molecule has 1 fully saturated rings. The first kappa shape index (κ1) is 28.0. The van der Waals surface area contributed by atoms with Crippen LogP contribution in [0, 0.1) is 11.8 Å². The molecular formula is C26H22Cl2N8O2S2. The van der Waals surface area contributed by atoms with E-state index < -0.39 is 5.54 Å². The largest absolute Gasteiger partial charge is 0.335 e. The van der Waals surface area contributed by atoms with Crippen LogP contribution in [0.3, 0.4) is 0 Å². The lowest BCUT2D eigenvalue weighted by Crippen LogP contribution is -2.42. The van der Waals surface area contributed by atoms with Gasteiger partial charge in [0.1, 0.15) is 0 Å². The number of hydrogen-bond acceptors (Lipinski definition) is 9. The van der Waals surface area contributed by atoms with E-state index in [2.05, 4.69) is 47.6 Å². The van der Waals surface area contributed by atoms with Gasteiger partial charge < -0.3 is 10.6 Å². The minimum Gasteiger partial charge on any atom is -0.335 e. The number of nitrogens with zero attached hydrogens (tertiary/aromatic N) is 6. The molecule has 14 heteroatoms. The van der Waals surface area contributed by atoms with E-state index in [0.29, 0.717) is 38.1 Å². The van der Waals surface area contributed by atoms with Crippen molar-refractivity contribution in [2.75, 3.05) is 11.1 Å². The summed E-state index contributed by atoms with van der Waals surface area (Å²) >= 11 is 15.2. The predicted molar refractivity (Wildman–Crippen MR) is 155 cm³/mol. The molecule has 2 N–H and O–H groups in total. The number of rotatable bonds is 8. The number of halogens is 2. The van der Waals surface area contributed by atoms with E-state index in [0.717, 1.165) is 11.5 Å². The summed E-state index contributed by atoms with van der Waals surface area (Å²) in [7, 11) is 0. The summed E-state index contributed by atoms with van der Waals surface area (Å²) in [6, 6.07) is 10.9. The highest BCUT2D eigenvalue weighted by atomic mass is 35.5. The summed E-state index contributed by atoms with van der Waals surface area (Å²) in [4.78, 5) is 24.9. The molecule has 0 atom stereocenters. The Labute approximate surface area is 248 Å². The molecule has 2 amide bonds. The van der Waals surface area contributed by atoms with Crippen molar-refractivity contribution in [1.82, 2.24) is 35.1 Å². The molecule has 0 radical (unpaired) electrons. The van der Waals surface area contributed by atoms with Gasteiger partial charge in [0.05, 0.1) is 32.7 Å². The maximum atomic E-state index is 12.7. The first-order chi connectivity index (χ1) is 19.2. The molecule has 2 aromatic carbocycles. The van der Waals surface area contributed by atoms with Gasteiger partial charge in [-0.2, -0.15) is 4.68 Å². The highest BCUT2D eigenvalue weighted by Crippen LogP contribution is 2.41. The Hall–Kier alpha value is -3.50. The van der Waals surface area contributed by atoms with E-state index in [1.165, 1.54) is 34.8 Å². The van der Waals surface area contributed by atoms with E-state index in [-0.39, 0.29) is 23.3 Å². The van der Waals surface area contributed by atoms with Crippen molar-refractivity contribution < 1.29 is 9.59 Å². The summed E-state index contributed by atoms with van der Waals surface area (Å²) in [5.41, 5.74) is 2.35. The van der Waals surface area contributed by atoms with Crippen LogP contribution in [0.5, 0.6) is 0 Å². The molecule has 4 aromatic rings. The van der Waals surface area contributed by atoms with E-state index >= 15 is 0 Å². The molecule has 1 aliphatic carbocycles. The number of carbonyl (C=O) groups excluding carboxylic acids is 2. The second-order valence-electron chi connectivity index (χ2n) is 9.51. The fourth-order valence-electron chi connectivity index (χ4n) is 3.67. The van der Waals surface area contributed by atoms with Crippen molar-refractivity contribution in [2.24, 2.45) is 0 Å². The summed E-state index contributed by atoms with van der Waals surface area (Å²) in [6.07, 6.45) is 2.36. The van der Waals surface area contributed by atoms with Gasteiger partial charge >= 0.3 is 0 Å². The molecule has 2 heterocycles. The monoisotopic (exact) mass is 612 g/mol. The molecule has 0 spiro atoms. The molecule has 0 saturated heterocycles. The fourth-order valence-corrected chi connectivity index (χ4v) is 5.28. The highest BCUT2D eigenvalue weighted by molar-refractivity contribution is 7.99. The minimum atomic E-state index is -0.823. The van der Waals surface area contributed by atoms with Crippen molar-refractivity contribution >= 4 is 64.0 Å². The summed E-state index contributed by atoms with van der Waals surface area (Å²) in [5.74, 6) is 6.02. The van der Waals surface area contributed by atoms with Crippen molar-refractivity contribution in [3.8, 4) is 17.5 Å². The van der Waals surface area contributed by atoms with Gasteiger partial charge in [-0.25, -0.2) is 0 Å². The Morgan fingerprint density at radius 1 is 1.15 bits per heavy atom. The third-order valence-corrected chi connectivity index (χ3v) is 7.84. The van der Waals surface area contributed by atoms with Gasteiger partial charge in [0.15, 0.2) is 5.69 Å². The quantitative estimate of drug-likeness (QED) is 0.210. The van der Waals surface area contributed by atoms with Gasteiger partial charge in [-0.3, -0.25) is 9.59 Å². The second-order valence-corrected chi connectivity index (χ2v) is 11.9. The average molecular weight is 614 g/mol. The van der Waals surface area contributed by atoms with Gasteiger partial charge in [-0.15, -0.1) is 10.2 Å². The van der Waals surface area contributed by atoms with Gasteiger partial charge in [0.2, 0.25) is 11.1 Å². The zero-order valence-corrected chi connectivity index (χ0v) is 24.5. The lowest BCUT2D eigenvalue weighted by atomic mass is 10.1. The number of amides is 2. The number of tetrazole rings is 1. The first-order valence-corrected chi connectivity index (χ1v) is 14.7. The van der Waals surface area contributed by atoms with E-state index in [1.54, 1.807) is 37.4 Å². The van der Waals surface area contributed by atoms with E-state index in [1.807, 2.05) is 18.2 Å². The Balaban J connectivity index is 1.18. The normalized spacial score (nSPS) is 12.9. The Morgan fingerprint density at radius 3 is 2.67 bits per heavy atom. The Morgan fingerprint density at radius 2 is 1.98 bits per heavy atom. The molecule has 10 nitrogen and oxygen atoms in total. The van der Waals surface area contributed by atoms with Crippen LogP contribution in [-0.2, 0) is 4.79 Å². The number of nitrogens with one attached hydrogen (secondary N) is 2. The topological polar surface area (TPSA) is 128 Å². The molecule has 2 aromatic heterocycles. The SMILES string of the molecule is CC(C)(C#Cc1ccc(NC(=O)CSc2nnnn2-c2ccc(C3CC3)cc2Cl)c(Cl)c1)NC(=O)c1csnn1.